The number of hydrogen-bond acceptors (Lipinski definition) is 2. The van der Waals surface area contributed by atoms with E-state index in [9.17, 15) is 18.4 Å². The van der Waals surface area contributed by atoms with E-state index in [2.05, 4.69) is 21.2 Å². The van der Waals surface area contributed by atoms with E-state index in [1.165, 1.54) is 18.2 Å². The molecule has 2 N–H and O–H groups in total. The minimum atomic E-state index is -1.50. The van der Waals surface area contributed by atoms with E-state index in [4.69, 9.17) is 5.11 Å². The zero-order valence-corrected chi connectivity index (χ0v) is 11.9. The second kappa shape index (κ2) is 6.01. The van der Waals surface area contributed by atoms with Crippen molar-refractivity contribution in [3.05, 3.63) is 63.6 Å². The maximum Gasteiger partial charge on any atom is 0.340 e. The van der Waals surface area contributed by atoms with Crippen LogP contribution in [-0.4, -0.2) is 17.0 Å². The Kier molecular flexibility index (Phi) is 4.32. The van der Waals surface area contributed by atoms with Crippen LogP contribution in [0.3, 0.4) is 0 Å². The van der Waals surface area contributed by atoms with Crippen molar-refractivity contribution in [3.8, 4) is 0 Å². The van der Waals surface area contributed by atoms with Gasteiger partial charge in [-0.05, 0) is 46.3 Å². The lowest BCUT2D eigenvalue weighted by molar-refractivity contribution is 0.0693. The highest BCUT2D eigenvalue weighted by Crippen LogP contribution is 2.22. The summed E-state index contributed by atoms with van der Waals surface area (Å²) >= 11 is 3.03. The molecule has 7 heteroatoms. The fraction of sp³-hybridized carbons (Fsp3) is 0. The summed E-state index contributed by atoms with van der Waals surface area (Å²) in [6.07, 6.45) is 0. The van der Waals surface area contributed by atoms with Crippen molar-refractivity contribution >= 4 is 33.5 Å². The van der Waals surface area contributed by atoms with E-state index < -0.39 is 29.1 Å². The quantitative estimate of drug-likeness (QED) is 0.882. The Bertz CT molecular complexity index is 734. The third-order valence-corrected chi connectivity index (χ3v) is 3.31. The average Bonchev–Trinajstić information content (AvgIpc) is 2.37. The van der Waals surface area contributed by atoms with E-state index in [0.29, 0.717) is 0 Å². The first-order valence-electron chi connectivity index (χ1n) is 5.68. The normalized spacial score (nSPS) is 10.2. The number of rotatable bonds is 3. The predicted molar refractivity (Wildman–Crippen MR) is 75.4 cm³/mol. The van der Waals surface area contributed by atoms with Crippen molar-refractivity contribution < 1.29 is 23.5 Å². The highest BCUT2D eigenvalue weighted by molar-refractivity contribution is 9.10. The fourth-order valence-corrected chi connectivity index (χ4v) is 2.24. The Labute approximate surface area is 126 Å². The molecular formula is C14H8BrF2NO3. The van der Waals surface area contributed by atoms with E-state index in [1.54, 1.807) is 0 Å². The largest absolute Gasteiger partial charge is 0.478 e. The van der Waals surface area contributed by atoms with E-state index in [-0.39, 0.29) is 15.7 Å². The summed E-state index contributed by atoms with van der Waals surface area (Å²) < 4.78 is 26.7. The smallest absolute Gasteiger partial charge is 0.340 e. The molecule has 108 valence electrons. The monoisotopic (exact) mass is 355 g/mol. The molecule has 0 unspecified atom stereocenters. The van der Waals surface area contributed by atoms with E-state index in [0.717, 1.165) is 18.2 Å². The van der Waals surface area contributed by atoms with Crippen LogP contribution in [-0.2, 0) is 0 Å². The highest BCUT2D eigenvalue weighted by atomic mass is 79.9. The molecule has 0 aliphatic carbocycles. The van der Waals surface area contributed by atoms with Gasteiger partial charge < -0.3 is 10.4 Å². The maximum absolute atomic E-state index is 13.5. The first-order valence-corrected chi connectivity index (χ1v) is 6.47. The van der Waals surface area contributed by atoms with Gasteiger partial charge in [0, 0.05) is 4.47 Å². The first-order chi connectivity index (χ1) is 9.90. The summed E-state index contributed by atoms with van der Waals surface area (Å²) in [5.74, 6) is -3.68. The second-order valence-corrected chi connectivity index (χ2v) is 4.90. The molecule has 0 aliphatic rings. The molecule has 4 nitrogen and oxygen atoms in total. The summed E-state index contributed by atoms with van der Waals surface area (Å²) in [6.45, 7) is 0. The van der Waals surface area contributed by atoms with Gasteiger partial charge >= 0.3 is 5.97 Å². The first kappa shape index (κ1) is 15.1. The number of nitrogens with one attached hydrogen (secondary N) is 1. The van der Waals surface area contributed by atoms with Gasteiger partial charge in [0.1, 0.15) is 17.2 Å². The van der Waals surface area contributed by atoms with Crippen molar-refractivity contribution in [1.82, 2.24) is 0 Å². The highest BCUT2D eigenvalue weighted by Gasteiger charge is 2.19. The SMILES string of the molecule is O=C(Nc1cccc(F)c1C(=O)O)c1ccc(F)cc1Br. The van der Waals surface area contributed by atoms with Gasteiger partial charge in [0.05, 0.1) is 11.3 Å². The number of carboxylic acid groups (broad SMARTS) is 1. The summed E-state index contributed by atoms with van der Waals surface area (Å²) in [5.41, 5.74) is -0.718. The van der Waals surface area contributed by atoms with Gasteiger partial charge in [0.2, 0.25) is 0 Å². The lowest BCUT2D eigenvalue weighted by Gasteiger charge is -2.10. The van der Waals surface area contributed by atoms with Gasteiger partial charge in [0.25, 0.3) is 5.91 Å². The van der Waals surface area contributed by atoms with Crippen LogP contribution in [0.15, 0.2) is 40.9 Å². The third-order valence-electron chi connectivity index (χ3n) is 2.65. The van der Waals surface area contributed by atoms with Crippen LogP contribution in [0.4, 0.5) is 14.5 Å². The zero-order chi connectivity index (χ0) is 15.6. The predicted octanol–water partition coefficient (Wildman–Crippen LogP) is 3.68. The van der Waals surface area contributed by atoms with Crippen molar-refractivity contribution in [3.63, 3.8) is 0 Å². The summed E-state index contributed by atoms with van der Waals surface area (Å²) in [4.78, 5) is 23.1. The molecule has 1 amide bonds. The molecule has 2 rings (SSSR count). The molecule has 0 bridgehead atoms. The molecule has 0 aliphatic heterocycles. The molecular weight excluding hydrogens is 348 g/mol. The number of carbonyl (C=O) groups excluding carboxylic acids is 1. The third kappa shape index (κ3) is 3.25. The molecule has 2 aromatic rings. The Hall–Kier alpha value is -2.28. The molecule has 0 saturated carbocycles. The van der Waals surface area contributed by atoms with Crippen LogP contribution >= 0.6 is 15.9 Å². The van der Waals surface area contributed by atoms with Gasteiger partial charge in [-0.3, -0.25) is 4.79 Å². The Morgan fingerprint density at radius 2 is 1.86 bits per heavy atom. The minimum Gasteiger partial charge on any atom is -0.478 e. The summed E-state index contributed by atoms with van der Waals surface area (Å²) in [5, 5.41) is 11.3. The van der Waals surface area contributed by atoms with Crippen LogP contribution in [0.2, 0.25) is 0 Å². The van der Waals surface area contributed by atoms with Gasteiger partial charge in [0.15, 0.2) is 0 Å². The molecule has 0 heterocycles. The molecule has 0 atom stereocenters. The van der Waals surface area contributed by atoms with Gasteiger partial charge in [-0.1, -0.05) is 6.07 Å². The van der Waals surface area contributed by atoms with Gasteiger partial charge in [-0.15, -0.1) is 0 Å². The van der Waals surface area contributed by atoms with E-state index in [1.807, 2.05) is 0 Å². The van der Waals surface area contributed by atoms with Crippen molar-refractivity contribution in [2.75, 3.05) is 5.32 Å². The average molecular weight is 356 g/mol. The van der Waals surface area contributed by atoms with Crippen molar-refractivity contribution in [2.45, 2.75) is 0 Å². The molecule has 0 fully saturated rings. The number of benzene rings is 2. The molecule has 0 spiro atoms. The van der Waals surface area contributed by atoms with Crippen molar-refractivity contribution in [2.24, 2.45) is 0 Å². The van der Waals surface area contributed by atoms with Crippen LogP contribution in [0.5, 0.6) is 0 Å². The fourth-order valence-electron chi connectivity index (χ4n) is 1.71. The van der Waals surface area contributed by atoms with Crippen LogP contribution < -0.4 is 5.32 Å². The lowest BCUT2D eigenvalue weighted by Crippen LogP contribution is -2.16. The number of carbonyl (C=O) groups is 2. The summed E-state index contributed by atoms with van der Waals surface area (Å²) in [6, 6.07) is 6.93. The summed E-state index contributed by atoms with van der Waals surface area (Å²) in [7, 11) is 0. The number of aromatic carboxylic acids is 1. The molecule has 21 heavy (non-hydrogen) atoms. The van der Waals surface area contributed by atoms with Gasteiger partial charge in [-0.25, -0.2) is 13.6 Å². The van der Waals surface area contributed by atoms with Gasteiger partial charge in [-0.2, -0.15) is 0 Å². The van der Waals surface area contributed by atoms with Crippen molar-refractivity contribution in [1.29, 1.82) is 0 Å². The van der Waals surface area contributed by atoms with Crippen LogP contribution in [0.25, 0.3) is 0 Å². The van der Waals surface area contributed by atoms with Crippen LogP contribution in [0.1, 0.15) is 20.7 Å². The molecule has 0 radical (unpaired) electrons. The number of halogens is 3. The number of carboxylic acids is 1. The topological polar surface area (TPSA) is 66.4 Å². The van der Waals surface area contributed by atoms with Crippen LogP contribution in [0, 0.1) is 11.6 Å². The molecule has 0 aromatic heterocycles. The lowest BCUT2D eigenvalue weighted by atomic mass is 10.1. The molecule has 0 saturated heterocycles. The van der Waals surface area contributed by atoms with E-state index >= 15 is 0 Å². The Morgan fingerprint density at radius 1 is 1.14 bits per heavy atom. The standard InChI is InChI=1S/C14H8BrF2NO3/c15-9-6-7(16)4-5-8(9)13(19)18-11-3-1-2-10(17)12(11)14(20)21/h1-6H,(H,18,19)(H,20,21). The number of anilines is 1. The Balaban J connectivity index is 2.36. The Morgan fingerprint density at radius 3 is 2.48 bits per heavy atom. The molecule has 2 aromatic carbocycles. The number of amides is 1. The maximum atomic E-state index is 13.5. The second-order valence-electron chi connectivity index (χ2n) is 4.05. The minimum absolute atomic E-state index is 0.0944. The number of hydrogen-bond donors (Lipinski definition) is 2. The zero-order valence-electron chi connectivity index (χ0n) is 10.4.